The lowest BCUT2D eigenvalue weighted by molar-refractivity contribution is -0.113. The molecule has 0 spiro atoms. The summed E-state index contributed by atoms with van der Waals surface area (Å²) in [7, 11) is 0. The fraction of sp³-hybridized carbons (Fsp3) is 0.438. The summed E-state index contributed by atoms with van der Waals surface area (Å²) in [5, 5.41) is 11.7. The number of morpholine rings is 1. The van der Waals surface area contributed by atoms with E-state index in [9.17, 15) is 4.79 Å². The maximum Gasteiger partial charge on any atom is 0.277 e. The molecule has 1 aromatic heterocycles. The monoisotopic (exact) mass is 382 g/mol. The summed E-state index contributed by atoms with van der Waals surface area (Å²) >= 11 is 7.58. The second-order valence-electron chi connectivity index (χ2n) is 5.39. The number of aryl methyl sites for hydroxylation is 1. The Morgan fingerprint density at radius 3 is 2.88 bits per heavy atom. The van der Waals surface area contributed by atoms with E-state index >= 15 is 0 Å². The molecule has 1 aliphatic heterocycles. The number of benzene rings is 1. The zero-order valence-corrected chi connectivity index (χ0v) is 15.4. The minimum atomic E-state index is -0.155. The number of hydrogen-bond acceptors (Lipinski definition) is 7. The molecule has 2 heterocycles. The van der Waals surface area contributed by atoms with Crippen LogP contribution in [0, 0.1) is 0 Å². The van der Waals surface area contributed by atoms with E-state index in [0.29, 0.717) is 41.5 Å². The van der Waals surface area contributed by atoms with Crippen LogP contribution in [0.2, 0.25) is 5.02 Å². The molecular weight excluding hydrogens is 364 g/mol. The molecular formula is C16H19ClN4O3S. The van der Waals surface area contributed by atoms with Gasteiger partial charge in [-0.25, -0.2) is 0 Å². The average Bonchev–Trinajstić information content (AvgIpc) is 3.09. The van der Waals surface area contributed by atoms with Gasteiger partial charge in [-0.3, -0.25) is 4.79 Å². The number of carbonyl (C=O) groups excluding carboxylic acids is 1. The first-order chi connectivity index (χ1) is 12.2. The van der Waals surface area contributed by atoms with Gasteiger partial charge in [-0.1, -0.05) is 36.4 Å². The SMILES string of the molecule is CCc1nnc(SCC(=O)Nc2cccc(Cl)c2N2CCOCC2)o1. The van der Waals surface area contributed by atoms with Gasteiger partial charge in [-0.2, -0.15) is 0 Å². The van der Waals surface area contributed by atoms with Crippen LogP contribution in [0.1, 0.15) is 12.8 Å². The number of hydrogen-bond donors (Lipinski definition) is 1. The van der Waals surface area contributed by atoms with Crippen LogP contribution in [0.3, 0.4) is 0 Å². The van der Waals surface area contributed by atoms with E-state index in [2.05, 4.69) is 20.4 Å². The van der Waals surface area contributed by atoms with Crippen molar-refractivity contribution in [1.82, 2.24) is 10.2 Å². The Morgan fingerprint density at radius 1 is 1.36 bits per heavy atom. The zero-order chi connectivity index (χ0) is 17.6. The Balaban J connectivity index is 1.65. The standard InChI is InChI=1S/C16H19ClN4O3S/c1-2-14-19-20-16(24-14)25-10-13(22)18-12-5-3-4-11(17)15(12)21-6-8-23-9-7-21/h3-5H,2,6-10H2,1H3,(H,18,22). The molecule has 1 aromatic carbocycles. The molecule has 1 fully saturated rings. The van der Waals surface area contributed by atoms with E-state index in [1.54, 1.807) is 0 Å². The van der Waals surface area contributed by atoms with Gasteiger partial charge in [0, 0.05) is 19.5 Å². The topological polar surface area (TPSA) is 80.5 Å². The molecule has 0 radical (unpaired) electrons. The van der Waals surface area contributed by atoms with Crippen LogP contribution in [0.5, 0.6) is 0 Å². The molecule has 0 atom stereocenters. The van der Waals surface area contributed by atoms with Crippen molar-refractivity contribution in [3.8, 4) is 0 Å². The molecule has 9 heteroatoms. The van der Waals surface area contributed by atoms with Crippen LogP contribution in [0.25, 0.3) is 0 Å². The van der Waals surface area contributed by atoms with E-state index < -0.39 is 0 Å². The van der Waals surface area contributed by atoms with Gasteiger partial charge < -0.3 is 19.4 Å². The van der Waals surface area contributed by atoms with Crippen molar-refractivity contribution >= 4 is 40.6 Å². The van der Waals surface area contributed by atoms with Gasteiger partial charge in [0.1, 0.15) is 0 Å². The second kappa shape index (κ2) is 8.55. The van der Waals surface area contributed by atoms with Gasteiger partial charge >= 0.3 is 0 Å². The van der Waals surface area contributed by atoms with Crippen LogP contribution < -0.4 is 10.2 Å². The molecule has 0 saturated carbocycles. The predicted molar refractivity (Wildman–Crippen MR) is 97.5 cm³/mol. The number of nitrogens with zero attached hydrogens (tertiary/aromatic N) is 3. The highest BCUT2D eigenvalue weighted by Gasteiger charge is 2.19. The molecule has 2 aromatic rings. The number of halogens is 1. The van der Waals surface area contributed by atoms with Crippen molar-refractivity contribution in [3.05, 3.63) is 29.1 Å². The summed E-state index contributed by atoms with van der Waals surface area (Å²) in [5.74, 6) is 0.589. The van der Waals surface area contributed by atoms with E-state index in [1.807, 2.05) is 25.1 Å². The van der Waals surface area contributed by atoms with Crippen LogP contribution >= 0.6 is 23.4 Å². The van der Waals surface area contributed by atoms with Gasteiger partial charge in [0.2, 0.25) is 11.8 Å². The summed E-state index contributed by atoms with van der Waals surface area (Å²) in [6.45, 7) is 4.70. The average molecular weight is 383 g/mol. The lowest BCUT2D eigenvalue weighted by Gasteiger charge is -2.31. The van der Waals surface area contributed by atoms with Crippen molar-refractivity contribution in [2.45, 2.75) is 18.6 Å². The van der Waals surface area contributed by atoms with E-state index in [-0.39, 0.29) is 11.7 Å². The fourth-order valence-corrected chi connectivity index (χ4v) is 3.35. The summed E-state index contributed by atoms with van der Waals surface area (Å²) in [5.41, 5.74) is 1.52. The molecule has 0 bridgehead atoms. The number of para-hydroxylation sites is 1. The van der Waals surface area contributed by atoms with Crippen molar-refractivity contribution < 1.29 is 13.9 Å². The zero-order valence-electron chi connectivity index (χ0n) is 13.8. The lowest BCUT2D eigenvalue weighted by atomic mass is 10.2. The Morgan fingerprint density at radius 2 is 2.16 bits per heavy atom. The van der Waals surface area contributed by atoms with Gasteiger partial charge in [-0.15, -0.1) is 10.2 Å². The van der Waals surface area contributed by atoms with E-state index in [0.717, 1.165) is 18.8 Å². The van der Waals surface area contributed by atoms with Crippen LogP contribution in [-0.4, -0.2) is 48.2 Å². The van der Waals surface area contributed by atoms with Gasteiger partial charge in [0.05, 0.1) is 35.4 Å². The minimum Gasteiger partial charge on any atom is -0.416 e. The number of carbonyl (C=O) groups is 1. The lowest BCUT2D eigenvalue weighted by Crippen LogP contribution is -2.37. The first-order valence-electron chi connectivity index (χ1n) is 8.03. The maximum absolute atomic E-state index is 12.3. The number of rotatable bonds is 6. The van der Waals surface area contributed by atoms with Crippen molar-refractivity contribution in [1.29, 1.82) is 0 Å². The van der Waals surface area contributed by atoms with Crippen LogP contribution in [0.4, 0.5) is 11.4 Å². The van der Waals surface area contributed by atoms with Crippen molar-refractivity contribution in [2.24, 2.45) is 0 Å². The molecule has 1 aliphatic rings. The summed E-state index contributed by atoms with van der Waals surface area (Å²) in [6, 6.07) is 5.49. The van der Waals surface area contributed by atoms with E-state index in [1.165, 1.54) is 11.8 Å². The molecule has 134 valence electrons. The Labute approximate surface area is 155 Å². The number of ether oxygens (including phenoxy) is 1. The third-order valence-corrected chi connectivity index (χ3v) is 4.79. The van der Waals surface area contributed by atoms with Crippen LogP contribution in [0.15, 0.2) is 27.8 Å². The smallest absolute Gasteiger partial charge is 0.277 e. The molecule has 25 heavy (non-hydrogen) atoms. The third kappa shape index (κ3) is 4.65. The number of anilines is 2. The van der Waals surface area contributed by atoms with Gasteiger partial charge in [-0.05, 0) is 12.1 Å². The third-order valence-electron chi connectivity index (χ3n) is 3.67. The van der Waals surface area contributed by atoms with Crippen LogP contribution in [-0.2, 0) is 16.0 Å². The van der Waals surface area contributed by atoms with Crippen molar-refractivity contribution in [3.63, 3.8) is 0 Å². The number of nitrogens with one attached hydrogen (secondary N) is 1. The minimum absolute atomic E-state index is 0.155. The highest BCUT2D eigenvalue weighted by molar-refractivity contribution is 7.99. The molecule has 1 N–H and O–H groups in total. The molecule has 1 saturated heterocycles. The number of thioether (sulfide) groups is 1. The normalized spacial score (nSPS) is 14.6. The predicted octanol–water partition coefficient (Wildman–Crippen LogP) is 2.85. The first-order valence-corrected chi connectivity index (χ1v) is 9.40. The number of amides is 1. The second-order valence-corrected chi connectivity index (χ2v) is 6.72. The highest BCUT2D eigenvalue weighted by Crippen LogP contribution is 2.34. The summed E-state index contributed by atoms with van der Waals surface area (Å²) < 4.78 is 10.8. The summed E-state index contributed by atoms with van der Waals surface area (Å²) in [4.78, 5) is 14.4. The van der Waals surface area contributed by atoms with Crippen molar-refractivity contribution in [2.75, 3.05) is 42.3 Å². The number of aromatic nitrogens is 2. The molecule has 3 rings (SSSR count). The highest BCUT2D eigenvalue weighted by atomic mass is 35.5. The summed E-state index contributed by atoms with van der Waals surface area (Å²) in [6.07, 6.45) is 0.672. The molecule has 7 nitrogen and oxygen atoms in total. The molecule has 1 amide bonds. The Hall–Kier alpha value is -1.77. The quantitative estimate of drug-likeness (QED) is 0.769. The Bertz CT molecular complexity index is 734. The van der Waals surface area contributed by atoms with E-state index in [4.69, 9.17) is 20.8 Å². The first kappa shape index (κ1) is 18.0. The van der Waals surface area contributed by atoms with Gasteiger partial charge in [0.25, 0.3) is 5.22 Å². The Kier molecular flexibility index (Phi) is 6.17. The molecule has 0 aliphatic carbocycles. The largest absolute Gasteiger partial charge is 0.416 e. The van der Waals surface area contributed by atoms with Gasteiger partial charge in [0.15, 0.2) is 0 Å². The molecule has 0 unspecified atom stereocenters. The maximum atomic E-state index is 12.3. The fourth-order valence-electron chi connectivity index (χ4n) is 2.48.